The molecule has 0 aromatic carbocycles. The van der Waals surface area contributed by atoms with Crippen LogP contribution in [-0.2, 0) is 6.54 Å². The van der Waals surface area contributed by atoms with Gasteiger partial charge < -0.3 is 0 Å². The van der Waals surface area contributed by atoms with E-state index in [-0.39, 0.29) is 0 Å². The van der Waals surface area contributed by atoms with Crippen molar-refractivity contribution in [1.29, 1.82) is 5.26 Å². The van der Waals surface area contributed by atoms with Crippen LogP contribution in [0.3, 0.4) is 0 Å². The summed E-state index contributed by atoms with van der Waals surface area (Å²) in [5.74, 6) is 0. The molecule has 1 rings (SSSR count). The highest BCUT2D eigenvalue weighted by Gasteiger charge is 2.01. The summed E-state index contributed by atoms with van der Waals surface area (Å²) in [7, 11) is 0. The fourth-order valence-electron chi connectivity index (χ4n) is 0.928. The van der Waals surface area contributed by atoms with Gasteiger partial charge in [-0.3, -0.25) is 9.48 Å². The molecule has 1 aromatic heterocycles. The minimum atomic E-state index is 0.416. The molecule has 0 saturated carbocycles. The molecule has 0 N–H and O–H groups in total. The predicted molar refractivity (Wildman–Crippen MR) is 42.6 cm³/mol. The van der Waals surface area contributed by atoms with E-state index in [1.54, 1.807) is 17.8 Å². The summed E-state index contributed by atoms with van der Waals surface area (Å²) in [6.07, 6.45) is 2.84. The van der Waals surface area contributed by atoms with E-state index in [0.717, 1.165) is 6.29 Å². The Hall–Kier alpha value is -1.63. The van der Waals surface area contributed by atoms with E-state index < -0.39 is 0 Å². The van der Waals surface area contributed by atoms with Crippen LogP contribution in [0.5, 0.6) is 0 Å². The first-order chi connectivity index (χ1) is 5.77. The zero-order chi connectivity index (χ0) is 8.97. The van der Waals surface area contributed by atoms with Crippen molar-refractivity contribution in [2.24, 2.45) is 0 Å². The monoisotopic (exact) mass is 163 g/mol. The number of aryl methyl sites for hydroxylation is 2. The van der Waals surface area contributed by atoms with Crippen LogP contribution >= 0.6 is 0 Å². The molecule has 0 atom stereocenters. The second kappa shape index (κ2) is 3.67. The van der Waals surface area contributed by atoms with Gasteiger partial charge in [0.2, 0.25) is 0 Å². The highest BCUT2D eigenvalue weighted by molar-refractivity contribution is 5.75. The summed E-state index contributed by atoms with van der Waals surface area (Å²) in [6.45, 7) is 2.32. The van der Waals surface area contributed by atoms with Gasteiger partial charge in [0.05, 0.1) is 30.3 Å². The van der Waals surface area contributed by atoms with Crippen LogP contribution in [0.4, 0.5) is 0 Å². The van der Waals surface area contributed by atoms with Gasteiger partial charge in [-0.05, 0) is 6.92 Å². The van der Waals surface area contributed by atoms with Crippen molar-refractivity contribution in [3.8, 4) is 6.07 Å². The molecule has 62 valence electrons. The van der Waals surface area contributed by atoms with Crippen molar-refractivity contribution in [3.63, 3.8) is 0 Å². The lowest BCUT2D eigenvalue weighted by Gasteiger charge is -1.92. The van der Waals surface area contributed by atoms with E-state index in [1.807, 2.05) is 6.07 Å². The van der Waals surface area contributed by atoms with Crippen LogP contribution < -0.4 is 0 Å². The Labute approximate surface area is 70.4 Å². The lowest BCUT2D eigenvalue weighted by Crippen LogP contribution is -1.97. The molecule has 0 amide bonds. The molecule has 1 aromatic rings. The number of nitriles is 1. The van der Waals surface area contributed by atoms with Crippen molar-refractivity contribution in [2.45, 2.75) is 19.9 Å². The maximum absolute atomic E-state index is 10.4. The second-order valence-electron chi connectivity index (χ2n) is 2.46. The molecule has 0 unspecified atom stereocenters. The van der Waals surface area contributed by atoms with Gasteiger partial charge in [0.1, 0.15) is 0 Å². The van der Waals surface area contributed by atoms with Gasteiger partial charge >= 0.3 is 0 Å². The maximum atomic E-state index is 10.4. The summed E-state index contributed by atoms with van der Waals surface area (Å²) < 4.78 is 1.61. The predicted octanol–water partition coefficient (Wildman–Crippen LogP) is 0.918. The van der Waals surface area contributed by atoms with Crippen molar-refractivity contribution in [1.82, 2.24) is 9.78 Å². The smallest absolute Gasteiger partial charge is 0.153 e. The topological polar surface area (TPSA) is 58.7 Å². The van der Waals surface area contributed by atoms with Crippen molar-refractivity contribution < 1.29 is 4.79 Å². The Morgan fingerprint density at radius 1 is 1.83 bits per heavy atom. The van der Waals surface area contributed by atoms with E-state index in [2.05, 4.69) is 5.10 Å². The molecule has 4 heteroatoms. The van der Waals surface area contributed by atoms with Crippen LogP contribution in [0.25, 0.3) is 0 Å². The van der Waals surface area contributed by atoms with Gasteiger partial charge in [0, 0.05) is 6.20 Å². The average molecular weight is 163 g/mol. The number of aldehydes is 1. The SMILES string of the molecule is Cc1nn(CCC#N)cc1C=O. The number of hydrogen-bond acceptors (Lipinski definition) is 3. The average Bonchev–Trinajstić information content (AvgIpc) is 2.43. The third kappa shape index (κ3) is 1.70. The third-order valence-electron chi connectivity index (χ3n) is 1.56. The van der Waals surface area contributed by atoms with Crippen LogP contribution in [0.2, 0.25) is 0 Å². The molecule has 0 saturated heterocycles. The summed E-state index contributed by atoms with van der Waals surface area (Å²) in [5, 5.41) is 12.4. The summed E-state index contributed by atoms with van der Waals surface area (Å²) >= 11 is 0. The lowest BCUT2D eigenvalue weighted by molar-refractivity contribution is 0.112. The fourth-order valence-corrected chi connectivity index (χ4v) is 0.928. The summed E-state index contributed by atoms with van der Waals surface area (Å²) in [5.41, 5.74) is 1.30. The van der Waals surface area contributed by atoms with Gasteiger partial charge in [-0.1, -0.05) is 0 Å². The number of nitrogens with zero attached hydrogens (tertiary/aromatic N) is 3. The number of rotatable bonds is 3. The molecule has 0 radical (unpaired) electrons. The van der Waals surface area contributed by atoms with Gasteiger partial charge in [0.25, 0.3) is 0 Å². The second-order valence-corrected chi connectivity index (χ2v) is 2.46. The normalized spacial score (nSPS) is 9.33. The zero-order valence-corrected chi connectivity index (χ0v) is 6.82. The van der Waals surface area contributed by atoms with Gasteiger partial charge in [0.15, 0.2) is 6.29 Å². The first-order valence-electron chi connectivity index (χ1n) is 3.64. The van der Waals surface area contributed by atoms with Crippen LogP contribution in [0.15, 0.2) is 6.20 Å². The van der Waals surface area contributed by atoms with Crippen molar-refractivity contribution in [3.05, 3.63) is 17.5 Å². The van der Waals surface area contributed by atoms with Crippen LogP contribution in [-0.4, -0.2) is 16.1 Å². The molecule has 0 spiro atoms. The molecule has 0 fully saturated rings. The molecule has 0 aliphatic carbocycles. The lowest BCUT2D eigenvalue weighted by atomic mass is 10.3. The Balaban J connectivity index is 2.76. The molecular weight excluding hydrogens is 154 g/mol. The Morgan fingerprint density at radius 3 is 3.08 bits per heavy atom. The Kier molecular flexibility index (Phi) is 2.59. The first-order valence-corrected chi connectivity index (χ1v) is 3.64. The van der Waals surface area contributed by atoms with Gasteiger partial charge in [-0.2, -0.15) is 10.4 Å². The molecular formula is C8H9N3O. The number of carbonyl (C=O) groups excluding carboxylic acids is 1. The number of carbonyl (C=O) groups is 1. The quantitative estimate of drug-likeness (QED) is 0.622. The molecule has 0 aliphatic rings. The van der Waals surface area contributed by atoms with Crippen molar-refractivity contribution in [2.75, 3.05) is 0 Å². The highest BCUT2D eigenvalue weighted by atomic mass is 16.1. The summed E-state index contributed by atoms with van der Waals surface area (Å²) in [6, 6.07) is 2.01. The van der Waals surface area contributed by atoms with Gasteiger partial charge in [-0.25, -0.2) is 0 Å². The largest absolute Gasteiger partial charge is 0.298 e. The third-order valence-corrected chi connectivity index (χ3v) is 1.56. The highest BCUT2D eigenvalue weighted by Crippen LogP contribution is 2.02. The first kappa shape index (κ1) is 8.47. The van der Waals surface area contributed by atoms with Crippen LogP contribution in [0.1, 0.15) is 22.5 Å². The standard InChI is InChI=1S/C8H9N3O/c1-7-8(6-12)5-11(10-7)4-2-3-9/h5-6H,2,4H2,1H3. The van der Waals surface area contributed by atoms with Crippen molar-refractivity contribution >= 4 is 6.29 Å². The molecule has 4 nitrogen and oxygen atoms in total. The Bertz CT molecular complexity index is 322. The minimum Gasteiger partial charge on any atom is -0.298 e. The summed E-state index contributed by atoms with van der Waals surface area (Å²) in [4.78, 5) is 10.4. The Morgan fingerprint density at radius 2 is 2.58 bits per heavy atom. The number of aromatic nitrogens is 2. The van der Waals surface area contributed by atoms with Gasteiger partial charge in [-0.15, -0.1) is 0 Å². The number of hydrogen-bond donors (Lipinski definition) is 0. The van der Waals surface area contributed by atoms with E-state index >= 15 is 0 Å². The van der Waals surface area contributed by atoms with E-state index in [0.29, 0.717) is 24.2 Å². The van der Waals surface area contributed by atoms with E-state index in [1.165, 1.54) is 0 Å². The van der Waals surface area contributed by atoms with E-state index in [4.69, 9.17) is 5.26 Å². The zero-order valence-electron chi connectivity index (χ0n) is 6.82. The van der Waals surface area contributed by atoms with Crippen LogP contribution in [0, 0.1) is 18.3 Å². The molecule has 0 aliphatic heterocycles. The maximum Gasteiger partial charge on any atom is 0.153 e. The molecule has 0 bridgehead atoms. The fraction of sp³-hybridized carbons (Fsp3) is 0.375. The molecule has 1 heterocycles. The minimum absolute atomic E-state index is 0.416. The molecule has 12 heavy (non-hydrogen) atoms. The van der Waals surface area contributed by atoms with E-state index in [9.17, 15) is 4.79 Å².